The predicted molar refractivity (Wildman–Crippen MR) is 83.7 cm³/mol. The molecular formula is C19H30O2. The minimum absolute atomic E-state index is 0.0742. The molecule has 0 radical (unpaired) electrons. The molecule has 118 valence electrons. The first-order valence-corrected chi connectivity index (χ1v) is 9.01. The minimum atomic E-state index is -0.108. The molecule has 2 nitrogen and oxygen atoms in total. The van der Waals surface area contributed by atoms with E-state index in [-0.39, 0.29) is 17.6 Å². The summed E-state index contributed by atoms with van der Waals surface area (Å²) in [5.74, 6) is 2.27. The monoisotopic (exact) mass is 293 g/mol. The molecule has 3 fully saturated rings. The lowest BCUT2D eigenvalue weighted by atomic mass is 9.50. The first kappa shape index (κ1) is 14.3. The van der Waals surface area contributed by atoms with E-state index in [1.807, 2.05) is 0 Å². The summed E-state index contributed by atoms with van der Waals surface area (Å²) in [7, 11) is 0. The Morgan fingerprint density at radius 1 is 1.00 bits per heavy atom. The van der Waals surface area contributed by atoms with E-state index >= 15 is 0 Å². The molecule has 0 heterocycles. The van der Waals surface area contributed by atoms with Gasteiger partial charge in [-0.25, -0.2) is 0 Å². The van der Waals surface area contributed by atoms with Gasteiger partial charge in [-0.1, -0.05) is 25.5 Å². The quantitative estimate of drug-likeness (QED) is 0.528. The predicted octanol–water partition coefficient (Wildman–Crippen LogP) is 3.67. The molecule has 2 heteroatoms. The van der Waals surface area contributed by atoms with E-state index in [0.717, 1.165) is 37.5 Å². The molecule has 3 saturated carbocycles. The smallest absolute Gasteiger partial charge is 0.0596 e. The summed E-state index contributed by atoms with van der Waals surface area (Å²) >= 11 is 0. The van der Waals surface area contributed by atoms with Crippen molar-refractivity contribution in [2.45, 2.75) is 77.4 Å². The fraction of sp³-hybridized carbons (Fsp3) is 0.895. The lowest BCUT2D eigenvalue weighted by Gasteiger charge is -2.57. The molecule has 2 N–H and O–H groups in total. The first-order valence-electron chi connectivity index (χ1n) is 9.01. The fourth-order valence-corrected chi connectivity index (χ4v) is 6.61. The summed E-state index contributed by atoms with van der Waals surface area (Å²) in [5, 5.41) is 20.5. The topological polar surface area (TPSA) is 40.5 Å². The summed E-state index contributed by atoms with van der Waals surface area (Å²) in [4.78, 5) is 0. The lowest BCUT2D eigenvalue weighted by molar-refractivity contribution is -0.0711. The first-order chi connectivity index (χ1) is 9.95. The molecule has 4 aliphatic carbocycles. The van der Waals surface area contributed by atoms with Gasteiger partial charge in [0.25, 0.3) is 0 Å². The third-order valence-corrected chi connectivity index (χ3v) is 8.03. The number of aliphatic hydroxyl groups is 2. The Kier molecular flexibility index (Phi) is 3.11. The normalized spacial score (nSPS) is 56.2. The highest BCUT2D eigenvalue weighted by Crippen LogP contribution is 2.64. The molecule has 4 rings (SSSR count). The van der Waals surface area contributed by atoms with Crippen LogP contribution >= 0.6 is 0 Å². The van der Waals surface area contributed by atoms with Crippen molar-refractivity contribution >= 4 is 0 Å². The number of aliphatic hydroxyl groups excluding tert-OH is 2. The van der Waals surface area contributed by atoms with E-state index in [1.54, 1.807) is 5.57 Å². The van der Waals surface area contributed by atoms with E-state index in [1.165, 1.54) is 25.7 Å². The van der Waals surface area contributed by atoms with E-state index < -0.39 is 0 Å². The lowest BCUT2D eigenvalue weighted by Crippen LogP contribution is -2.51. The van der Waals surface area contributed by atoms with Gasteiger partial charge in [-0.15, -0.1) is 0 Å². The van der Waals surface area contributed by atoms with Crippen molar-refractivity contribution in [2.24, 2.45) is 28.6 Å². The molecular weight excluding hydrogens is 263 g/mol. The van der Waals surface area contributed by atoms with Crippen molar-refractivity contribution in [3.8, 4) is 0 Å². The highest BCUT2D eigenvalue weighted by atomic mass is 16.4. The zero-order chi connectivity index (χ0) is 14.8. The fourth-order valence-electron chi connectivity index (χ4n) is 6.61. The minimum Gasteiger partial charge on any atom is -0.393 e. The van der Waals surface area contributed by atoms with Crippen LogP contribution in [0, 0.1) is 28.6 Å². The Morgan fingerprint density at radius 2 is 1.81 bits per heavy atom. The molecule has 0 saturated heterocycles. The Balaban J connectivity index is 1.68. The summed E-state index contributed by atoms with van der Waals surface area (Å²) in [6.07, 6.45) is 11.2. The zero-order valence-corrected chi connectivity index (χ0v) is 13.5. The van der Waals surface area contributed by atoms with Gasteiger partial charge >= 0.3 is 0 Å². The van der Waals surface area contributed by atoms with Crippen LogP contribution in [0.4, 0.5) is 0 Å². The number of fused-ring (bicyclic) bond motifs is 5. The van der Waals surface area contributed by atoms with Crippen LogP contribution in [0.15, 0.2) is 11.6 Å². The van der Waals surface area contributed by atoms with Crippen molar-refractivity contribution in [2.75, 3.05) is 0 Å². The maximum absolute atomic E-state index is 10.5. The summed E-state index contributed by atoms with van der Waals surface area (Å²) < 4.78 is 0. The SMILES string of the molecule is C[C@]12CC[C@H]3[C@@H](CC=C4[13CH2][13C@@H](O)[13CH2]C[C@@]43C)[C@@H]1CC[C@@H]2O. The van der Waals surface area contributed by atoms with Crippen molar-refractivity contribution in [1.82, 2.24) is 0 Å². The van der Waals surface area contributed by atoms with Crippen LogP contribution in [0.1, 0.15) is 65.2 Å². The van der Waals surface area contributed by atoms with Crippen LogP contribution in [0.3, 0.4) is 0 Å². The van der Waals surface area contributed by atoms with Gasteiger partial charge < -0.3 is 10.2 Å². The van der Waals surface area contributed by atoms with Gasteiger partial charge in [0.05, 0.1) is 12.2 Å². The van der Waals surface area contributed by atoms with Crippen LogP contribution in [-0.2, 0) is 0 Å². The third-order valence-electron chi connectivity index (χ3n) is 8.03. The van der Waals surface area contributed by atoms with Gasteiger partial charge in [0.2, 0.25) is 0 Å². The second-order valence-corrected chi connectivity index (χ2v) is 8.79. The van der Waals surface area contributed by atoms with E-state index in [2.05, 4.69) is 19.9 Å². The molecule has 0 amide bonds. The molecule has 0 bridgehead atoms. The van der Waals surface area contributed by atoms with Gasteiger partial charge in [0, 0.05) is 0 Å². The van der Waals surface area contributed by atoms with Crippen LogP contribution in [0.2, 0.25) is 0 Å². The molecule has 21 heavy (non-hydrogen) atoms. The van der Waals surface area contributed by atoms with Crippen molar-refractivity contribution < 1.29 is 10.2 Å². The van der Waals surface area contributed by atoms with Crippen LogP contribution in [0.5, 0.6) is 0 Å². The van der Waals surface area contributed by atoms with Crippen molar-refractivity contribution in [3.63, 3.8) is 0 Å². The number of hydrogen-bond acceptors (Lipinski definition) is 2. The van der Waals surface area contributed by atoms with E-state index in [9.17, 15) is 10.2 Å². The van der Waals surface area contributed by atoms with Crippen molar-refractivity contribution in [1.29, 1.82) is 0 Å². The molecule has 0 aromatic rings. The van der Waals surface area contributed by atoms with Crippen LogP contribution in [-0.4, -0.2) is 22.4 Å². The summed E-state index contributed by atoms with van der Waals surface area (Å²) in [6, 6.07) is 0. The molecule has 7 atom stereocenters. The van der Waals surface area contributed by atoms with Gasteiger partial charge in [-0.3, -0.25) is 0 Å². The third kappa shape index (κ3) is 1.84. The molecule has 0 spiro atoms. The summed E-state index contributed by atoms with van der Waals surface area (Å²) in [5.41, 5.74) is 2.05. The van der Waals surface area contributed by atoms with Gasteiger partial charge in [0.15, 0.2) is 0 Å². The standard InChI is InChI=1S/C19H30O2/c1-18-9-7-13(20)11-12(18)3-4-14-15-5-6-17(21)19(15,2)10-8-16(14)18/h3,13-17,20-21H,4-11H2,1-2H3/t13-,14-,15-,16-,17-,18-,19-/m0/s1/i7+1,11+1,13+1. The van der Waals surface area contributed by atoms with E-state index in [4.69, 9.17) is 0 Å². The Bertz CT molecular complexity index is 470. The maximum atomic E-state index is 10.5. The van der Waals surface area contributed by atoms with Gasteiger partial charge in [0.1, 0.15) is 0 Å². The Hall–Kier alpha value is -0.340. The van der Waals surface area contributed by atoms with Crippen LogP contribution < -0.4 is 0 Å². The zero-order valence-electron chi connectivity index (χ0n) is 13.5. The number of hydrogen-bond donors (Lipinski definition) is 2. The van der Waals surface area contributed by atoms with Gasteiger partial charge in [-0.2, -0.15) is 0 Å². The van der Waals surface area contributed by atoms with E-state index in [0.29, 0.717) is 11.3 Å². The second-order valence-electron chi connectivity index (χ2n) is 8.79. The molecule has 0 unspecified atom stereocenters. The number of rotatable bonds is 0. The number of allylic oxidation sites excluding steroid dienone is 1. The highest BCUT2D eigenvalue weighted by Gasteiger charge is 2.58. The Labute approximate surface area is 128 Å². The largest absolute Gasteiger partial charge is 0.393 e. The van der Waals surface area contributed by atoms with Crippen molar-refractivity contribution in [3.05, 3.63) is 11.6 Å². The van der Waals surface area contributed by atoms with Crippen LogP contribution in [0.25, 0.3) is 0 Å². The molecule has 4 aliphatic rings. The average Bonchev–Trinajstić information content (AvgIpc) is 2.76. The van der Waals surface area contributed by atoms with Gasteiger partial charge in [-0.05, 0) is 80.0 Å². The Morgan fingerprint density at radius 3 is 2.62 bits per heavy atom. The highest BCUT2D eigenvalue weighted by molar-refractivity contribution is 5.25. The summed E-state index contributed by atoms with van der Waals surface area (Å²) in [6.45, 7) is 4.81. The molecule has 0 aliphatic heterocycles. The molecule has 0 aromatic heterocycles. The average molecular weight is 293 g/mol. The maximum Gasteiger partial charge on any atom is 0.0596 e. The molecule has 0 aromatic carbocycles. The second kappa shape index (κ2) is 4.58.